The van der Waals surface area contributed by atoms with Crippen LogP contribution in [0.25, 0.3) is 0 Å². The van der Waals surface area contributed by atoms with E-state index in [1.54, 1.807) is 48.5 Å². The summed E-state index contributed by atoms with van der Waals surface area (Å²) in [5, 5.41) is 5.50. The highest BCUT2D eigenvalue weighted by Gasteiger charge is 2.40. The van der Waals surface area contributed by atoms with Crippen LogP contribution in [-0.4, -0.2) is 44.1 Å². The molecule has 1 saturated heterocycles. The molecule has 2 heterocycles. The summed E-state index contributed by atoms with van der Waals surface area (Å²) < 4.78 is 10.8. The smallest absolute Gasteiger partial charge is 0.283 e. The Kier molecular flexibility index (Phi) is 6.43. The molecule has 2 N–H and O–H groups in total. The Morgan fingerprint density at radius 2 is 2.00 bits per heavy atom. The second kappa shape index (κ2) is 9.42. The van der Waals surface area contributed by atoms with Crippen LogP contribution in [0.5, 0.6) is 5.75 Å². The SMILES string of the molecule is COc1ccccc1N1C(=O)C(Cl)=C(Nc2cccc(C(=O)NCC3CCCO3)c2)C1=O. The highest BCUT2D eigenvalue weighted by molar-refractivity contribution is 6.53. The molecule has 0 aromatic heterocycles. The first-order valence-corrected chi connectivity index (χ1v) is 10.6. The van der Waals surface area contributed by atoms with E-state index in [-0.39, 0.29) is 22.7 Å². The highest BCUT2D eigenvalue weighted by Crippen LogP contribution is 2.35. The average molecular weight is 456 g/mol. The van der Waals surface area contributed by atoms with Gasteiger partial charge in [0.25, 0.3) is 17.7 Å². The van der Waals surface area contributed by atoms with Crippen molar-refractivity contribution in [2.45, 2.75) is 18.9 Å². The van der Waals surface area contributed by atoms with E-state index < -0.39 is 11.8 Å². The first kappa shape index (κ1) is 21.9. The average Bonchev–Trinajstić information content (AvgIpc) is 3.41. The highest BCUT2D eigenvalue weighted by atomic mass is 35.5. The quantitative estimate of drug-likeness (QED) is 0.623. The molecule has 2 aromatic rings. The number of ether oxygens (including phenoxy) is 2. The molecule has 2 aliphatic heterocycles. The zero-order chi connectivity index (χ0) is 22.7. The van der Waals surface area contributed by atoms with Crippen molar-refractivity contribution in [3.05, 3.63) is 64.8 Å². The molecular weight excluding hydrogens is 434 g/mol. The van der Waals surface area contributed by atoms with Gasteiger partial charge in [-0.3, -0.25) is 14.4 Å². The summed E-state index contributed by atoms with van der Waals surface area (Å²) in [5.74, 6) is -1.16. The van der Waals surface area contributed by atoms with Crippen molar-refractivity contribution in [2.75, 3.05) is 30.5 Å². The number of benzene rings is 2. The minimum atomic E-state index is -0.658. The van der Waals surface area contributed by atoms with Crippen LogP contribution in [-0.2, 0) is 14.3 Å². The Labute approximate surface area is 190 Å². The lowest BCUT2D eigenvalue weighted by Crippen LogP contribution is -2.32. The Bertz CT molecular complexity index is 1090. The van der Waals surface area contributed by atoms with Crippen molar-refractivity contribution in [3.63, 3.8) is 0 Å². The van der Waals surface area contributed by atoms with Crippen molar-refractivity contribution in [2.24, 2.45) is 0 Å². The molecule has 2 aromatic carbocycles. The molecule has 2 aliphatic rings. The van der Waals surface area contributed by atoms with Crippen LogP contribution in [0.15, 0.2) is 59.3 Å². The van der Waals surface area contributed by atoms with E-state index in [2.05, 4.69) is 10.6 Å². The van der Waals surface area contributed by atoms with Gasteiger partial charge in [-0.2, -0.15) is 0 Å². The van der Waals surface area contributed by atoms with Gasteiger partial charge in [-0.15, -0.1) is 0 Å². The Morgan fingerprint density at radius 3 is 2.75 bits per heavy atom. The molecule has 9 heteroatoms. The Hall–Kier alpha value is -3.36. The standard InChI is InChI=1S/C23H22ClN3O5/c1-31-18-10-3-2-9-17(18)27-22(29)19(24)20(23(27)30)26-15-7-4-6-14(12-15)21(28)25-13-16-8-5-11-32-16/h2-4,6-7,9-10,12,16,26H,5,8,11,13H2,1H3,(H,25,28). The summed E-state index contributed by atoms with van der Waals surface area (Å²) in [6.07, 6.45) is 1.95. The summed E-state index contributed by atoms with van der Waals surface area (Å²) in [6, 6.07) is 13.3. The van der Waals surface area contributed by atoms with Crippen molar-refractivity contribution in [3.8, 4) is 5.75 Å². The van der Waals surface area contributed by atoms with E-state index in [4.69, 9.17) is 21.1 Å². The van der Waals surface area contributed by atoms with Gasteiger partial charge in [-0.1, -0.05) is 29.8 Å². The van der Waals surface area contributed by atoms with Gasteiger partial charge in [0.15, 0.2) is 0 Å². The number of amides is 3. The summed E-state index contributed by atoms with van der Waals surface area (Å²) >= 11 is 6.21. The van der Waals surface area contributed by atoms with Crippen LogP contribution in [0.3, 0.4) is 0 Å². The number of hydrogen-bond donors (Lipinski definition) is 2. The van der Waals surface area contributed by atoms with E-state index >= 15 is 0 Å². The number of para-hydroxylation sites is 2. The monoisotopic (exact) mass is 455 g/mol. The second-order valence-corrected chi connectivity index (χ2v) is 7.74. The maximum Gasteiger partial charge on any atom is 0.283 e. The van der Waals surface area contributed by atoms with E-state index in [9.17, 15) is 14.4 Å². The molecular formula is C23H22ClN3O5. The molecule has 0 aliphatic carbocycles. The number of imide groups is 1. The Morgan fingerprint density at radius 1 is 1.19 bits per heavy atom. The van der Waals surface area contributed by atoms with Gasteiger partial charge in [0.2, 0.25) is 0 Å². The number of nitrogens with one attached hydrogen (secondary N) is 2. The number of halogens is 1. The van der Waals surface area contributed by atoms with E-state index in [0.29, 0.717) is 35.8 Å². The molecule has 4 rings (SSSR count). The first-order valence-electron chi connectivity index (χ1n) is 10.2. The molecule has 0 bridgehead atoms. The van der Waals surface area contributed by atoms with E-state index in [1.807, 2.05) is 0 Å². The largest absolute Gasteiger partial charge is 0.495 e. The summed E-state index contributed by atoms with van der Waals surface area (Å²) in [4.78, 5) is 39.2. The van der Waals surface area contributed by atoms with Gasteiger partial charge in [0.05, 0.1) is 18.9 Å². The van der Waals surface area contributed by atoms with E-state index in [1.165, 1.54) is 7.11 Å². The number of rotatable bonds is 7. The number of hydrogen-bond acceptors (Lipinski definition) is 6. The molecule has 1 atom stereocenters. The maximum atomic E-state index is 13.0. The summed E-state index contributed by atoms with van der Waals surface area (Å²) in [7, 11) is 1.45. The molecule has 1 fully saturated rings. The normalized spacial score (nSPS) is 18.3. The minimum Gasteiger partial charge on any atom is -0.495 e. The predicted molar refractivity (Wildman–Crippen MR) is 120 cm³/mol. The fraction of sp³-hybridized carbons (Fsp3) is 0.261. The number of anilines is 2. The van der Waals surface area contributed by atoms with Crippen LogP contribution >= 0.6 is 11.6 Å². The fourth-order valence-electron chi connectivity index (χ4n) is 3.64. The lowest BCUT2D eigenvalue weighted by atomic mass is 10.1. The molecule has 1 unspecified atom stereocenters. The number of nitrogens with zero attached hydrogens (tertiary/aromatic N) is 1. The van der Waals surface area contributed by atoms with Crippen LogP contribution < -0.4 is 20.3 Å². The minimum absolute atomic E-state index is 0.0345. The first-order chi connectivity index (χ1) is 15.5. The van der Waals surface area contributed by atoms with Crippen LogP contribution in [0.2, 0.25) is 0 Å². The predicted octanol–water partition coefficient (Wildman–Crippen LogP) is 3.04. The molecule has 32 heavy (non-hydrogen) atoms. The lowest BCUT2D eigenvalue weighted by molar-refractivity contribution is -0.120. The van der Waals surface area contributed by atoms with Crippen molar-refractivity contribution < 1.29 is 23.9 Å². The number of carbonyl (C=O) groups excluding carboxylic acids is 3. The van der Waals surface area contributed by atoms with Crippen LogP contribution in [0.4, 0.5) is 11.4 Å². The molecule has 3 amide bonds. The molecule has 8 nitrogen and oxygen atoms in total. The maximum absolute atomic E-state index is 13.0. The fourth-order valence-corrected chi connectivity index (χ4v) is 3.85. The second-order valence-electron chi connectivity index (χ2n) is 7.36. The van der Waals surface area contributed by atoms with Crippen LogP contribution in [0.1, 0.15) is 23.2 Å². The van der Waals surface area contributed by atoms with Crippen molar-refractivity contribution in [1.82, 2.24) is 5.32 Å². The third kappa shape index (κ3) is 4.32. The molecule has 0 spiro atoms. The number of carbonyl (C=O) groups is 3. The molecule has 0 radical (unpaired) electrons. The number of methoxy groups -OCH3 is 1. The van der Waals surface area contributed by atoms with Gasteiger partial charge in [-0.25, -0.2) is 4.90 Å². The third-order valence-electron chi connectivity index (χ3n) is 5.26. The van der Waals surface area contributed by atoms with E-state index in [0.717, 1.165) is 17.7 Å². The summed E-state index contributed by atoms with van der Waals surface area (Å²) in [5.41, 5.74) is 1.08. The van der Waals surface area contributed by atoms with Crippen molar-refractivity contribution >= 4 is 40.7 Å². The lowest BCUT2D eigenvalue weighted by Gasteiger charge is -2.18. The van der Waals surface area contributed by atoms with Gasteiger partial charge < -0.3 is 20.1 Å². The molecule has 166 valence electrons. The zero-order valence-electron chi connectivity index (χ0n) is 17.4. The topological polar surface area (TPSA) is 97.0 Å². The third-order valence-corrected chi connectivity index (χ3v) is 5.61. The van der Waals surface area contributed by atoms with Gasteiger partial charge in [0.1, 0.15) is 16.5 Å². The Balaban J connectivity index is 1.50. The van der Waals surface area contributed by atoms with Crippen LogP contribution in [0, 0.1) is 0 Å². The zero-order valence-corrected chi connectivity index (χ0v) is 18.1. The van der Waals surface area contributed by atoms with Gasteiger partial charge in [0, 0.05) is 24.4 Å². The van der Waals surface area contributed by atoms with Gasteiger partial charge >= 0.3 is 0 Å². The molecule has 0 saturated carbocycles. The van der Waals surface area contributed by atoms with Crippen molar-refractivity contribution in [1.29, 1.82) is 0 Å². The summed E-state index contributed by atoms with van der Waals surface area (Å²) in [6.45, 7) is 1.16. The van der Waals surface area contributed by atoms with Gasteiger partial charge in [-0.05, 0) is 43.2 Å².